The Labute approximate surface area is 249 Å². The van der Waals surface area contributed by atoms with E-state index in [0.717, 1.165) is 77.5 Å². The highest BCUT2D eigenvalue weighted by Gasteiger charge is 2.26. The molecule has 0 aliphatic carbocycles. The van der Waals surface area contributed by atoms with Crippen molar-refractivity contribution in [3.63, 3.8) is 0 Å². The molecule has 2 saturated heterocycles. The number of nitrogens with one attached hydrogen (secondary N) is 4. The Bertz CT molecular complexity index is 962. The van der Waals surface area contributed by atoms with Gasteiger partial charge in [-0.05, 0) is 114 Å². The second-order valence-corrected chi connectivity index (χ2v) is 11.2. The van der Waals surface area contributed by atoms with Crippen molar-refractivity contribution in [2.45, 2.75) is 70.8 Å². The molecule has 3 heterocycles. The molecule has 10 nitrogen and oxygen atoms in total. The van der Waals surface area contributed by atoms with Crippen LogP contribution in [0.2, 0.25) is 0 Å². The number of carbonyl (C=O) groups is 3. The van der Waals surface area contributed by atoms with Crippen molar-refractivity contribution < 1.29 is 28.6 Å². The van der Waals surface area contributed by atoms with Gasteiger partial charge in [-0.15, -0.1) is 12.4 Å². The van der Waals surface area contributed by atoms with Crippen molar-refractivity contribution in [1.82, 2.24) is 21.3 Å². The van der Waals surface area contributed by atoms with E-state index in [1.54, 1.807) is 25.1 Å². The predicted octanol–water partition coefficient (Wildman–Crippen LogP) is 3.24. The monoisotopic (exact) mass is 594 g/mol. The van der Waals surface area contributed by atoms with Crippen LogP contribution in [-0.4, -0.2) is 63.9 Å². The summed E-state index contributed by atoms with van der Waals surface area (Å²) in [5, 5.41) is 12.6. The molecule has 0 spiro atoms. The molecule has 1 atom stereocenters. The van der Waals surface area contributed by atoms with Gasteiger partial charge in [0.05, 0.1) is 25.6 Å². The van der Waals surface area contributed by atoms with E-state index in [-0.39, 0.29) is 56.5 Å². The molecule has 1 aromatic carbocycles. The van der Waals surface area contributed by atoms with Crippen molar-refractivity contribution in [3.05, 3.63) is 23.8 Å². The maximum absolute atomic E-state index is 13.3. The Balaban J connectivity index is 0.00000462. The summed E-state index contributed by atoms with van der Waals surface area (Å²) in [5.74, 6) is 1.59. The third-order valence-electron chi connectivity index (χ3n) is 8.37. The van der Waals surface area contributed by atoms with Gasteiger partial charge in [-0.3, -0.25) is 14.4 Å². The first-order valence-corrected chi connectivity index (χ1v) is 15.1. The van der Waals surface area contributed by atoms with E-state index in [4.69, 9.17) is 14.2 Å². The van der Waals surface area contributed by atoms with Crippen LogP contribution < -0.4 is 30.7 Å². The van der Waals surface area contributed by atoms with Crippen LogP contribution in [0.1, 0.15) is 76.3 Å². The fourth-order valence-electron chi connectivity index (χ4n) is 5.95. The van der Waals surface area contributed by atoms with Crippen LogP contribution in [0.25, 0.3) is 0 Å². The molecule has 11 heteroatoms. The Hall–Kier alpha value is -2.56. The van der Waals surface area contributed by atoms with Crippen LogP contribution in [0.15, 0.2) is 18.2 Å². The van der Waals surface area contributed by atoms with Gasteiger partial charge in [-0.2, -0.15) is 0 Å². The molecule has 1 unspecified atom stereocenters. The van der Waals surface area contributed by atoms with E-state index in [1.165, 1.54) is 0 Å². The Morgan fingerprint density at radius 3 is 2.17 bits per heavy atom. The summed E-state index contributed by atoms with van der Waals surface area (Å²) >= 11 is 0. The summed E-state index contributed by atoms with van der Waals surface area (Å²) in [4.78, 5) is 38.6. The third-order valence-corrected chi connectivity index (χ3v) is 8.37. The number of fused-ring (bicyclic) bond motifs is 1. The molecule has 0 saturated carbocycles. The quantitative estimate of drug-likeness (QED) is 0.242. The first-order chi connectivity index (χ1) is 19.5. The smallest absolute Gasteiger partial charge is 0.308 e. The molecule has 2 amide bonds. The highest BCUT2D eigenvalue weighted by atomic mass is 35.5. The van der Waals surface area contributed by atoms with Crippen LogP contribution >= 0.6 is 12.4 Å². The lowest BCUT2D eigenvalue weighted by Crippen LogP contribution is -2.41. The van der Waals surface area contributed by atoms with E-state index < -0.39 is 12.0 Å². The van der Waals surface area contributed by atoms with Gasteiger partial charge in [0.1, 0.15) is 0 Å². The van der Waals surface area contributed by atoms with E-state index in [2.05, 4.69) is 21.3 Å². The van der Waals surface area contributed by atoms with Crippen molar-refractivity contribution in [2.24, 2.45) is 17.8 Å². The Kier molecular flexibility index (Phi) is 14.0. The van der Waals surface area contributed by atoms with Gasteiger partial charge in [-0.1, -0.05) is 6.07 Å². The zero-order valence-electron chi connectivity index (χ0n) is 24.2. The summed E-state index contributed by atoms with van der Waals surface area (Å²) < 4.78 is 16.0. The first kappa shape index (κ1) is 32.9. The van der Waals surface area contributed by atoms with E-state index in [0.29, 0.717) is 28.9 Å². The van der Waals surface area contributed by atoms with Crippen LogP contribution in [0.4, 0.5) is 0 Å². The van der Waals surface area contributed by atoms with E-state index in [1.807, 2.05) is 0 Å². The maximum Gasteiger partial charge on any atom is 0.308 e. The van der Waals surface area contributed by atoms with Crippen molar-refractivity contribution in [2.75, 3.05) is 46.1 Å². The van der Waals surface area contributed by atoms with Gasteiger partial charge in [0.25, 0.3) is 0 Å². The first-order valence-electron chi connectivity index (χ1n) is 15.1. The van der Waals surface area contributed by atoms with Crippen LogP contribution in [0.5, 0.6) is 11.5 Å². The number of piperidine rings is 2. The number of hydrogen-bond acceptors (Lipinski definition) is 8. The molecule has 0 aromatic heterocycles. The number of amides is 2. The van der Waals surface area contributed by atoms with Crippen molar-refractivity contribution in [1.29, 1.82) is 0 Å². The number of rotatable bonds is 14. The van der Waals surface area contributed by atoms with Crippen LogP contribution in [0, 0.1) is 17.8 Å². The molecule has 41 heavy (non-hydrogen) atoms. The minimum absolute atomic E-state index is 0. The highest BCUT2D eigenvalue weighted by molar-refractivity contribution is 5.86. The topological polar surface area (TPSA) is 127 Å². The van der Waals surface area contributed by atoms with Gasteiger partial charge in [-0.25, -0.2) is 0 Å². The lowest BCUT2D eigenvalue weighted by molar-refractivity contribution is -0.144. The normalized spacial score (nSPS) is 17.9. The molecule has 2 fully saturated rings. The number of halogens is 1. The van der Waals surface area contributed by atoms with Gasteiger partial charge in [0, 0.05) is 5.92 Å². The number of benzene rings is 1. The van der Waals surface area contributed by atoms with E-state index in [9.17, 15) is 14.4 Å². The molecule has 3 aliphatic heterocycles. The van der Waals surface area contributed by atoms with E-state index >= 15 is 0 Å². The molecular weight excluding hydrogens is 548 g/mol. The average Bonchev–Trinajstić information content (AvgIpc) is 3.45. The number of ether oxygens (including phenoxy) is 3. The SMILES string of the molecule is CCOC(=O)CC(NC(=O)CNC(=O)C(CCC1CCNCC1)CCC1CCNCC1)c1ccc2c(c1)OCO2.Cl. The minimum Gasteiger partial charge on any atom is -0.466 e. The highest BCUT2D eigenvalue weighted by Crippen LogP contribution is 2.35. The lowest BCUT2D eigenvalue weighted by atomic mass is 9.84. The summed E-state index contributed by atoms with van der Waals surface area (Å²) in [6, 6.07) is 4.71. The summed E-state index contributed by atoms with van der Waals surface area (Å²) in [6.07, 6.45) is 8.41. The standard InChI is InChI=1S/C30H46N4O6.ClH/c1-2-38-29(36)18-25(24-7-8-26-27(17-24)40-20-39-26)34-28(35)19-33-30(37)23(5-3-21-9-13-31-14-10-21)6-4-22-11-15-32-16-12-22;/h7-8,17,21-23,25,31-32H,2-6,9-16,18-20H2,1H3,(H,33,37)(H,34,35);1H. The molecule has 4 N–H and O–H groups in total. The van der Waals surface area contributed by atoms with Crippen LogP contribution in [-0.2, 0) is 19.1 Å². The zero-order valence-corrected chi connectivity index (χ0v) is 25.0. The molecule has 0 bridgehead atoms. The summed E-state index contributed by atoms with van der Waals surface area (Å²) in [6.45, 7) is 6.19. The van der Waals surface area contributed by atoms with Gasteiger partial charge >= 0.3 is 5.97 Å². The fraction of sp³-hybridized carbons (Fsp3) is 0.700. The molecule has 230 valence electrons. The predicted molar refractivity (Wildman–Crippen MR) is 158 cm³/mol. The molecule has 4 rings (SSSR count). The molecule has 1 aromatic rings. The number of carbonyl (C=O) groups excluding carboxylic acids is 3. The van der Waals surface area contributed by atoms with Crippen molar-refractivity contribution in [3.8, 4) is 11.5 Å². The average molecular weight is 595 g/mol. The number of hydrogen-bond donors (Lipinski definition) is 4. The Morgan fingerprint density at radius 2 is 1.56 bits per heavy atom. The third kappa shape index (κ3) is 10.7. The fourth-order valence-corrected chi connectivity index (χ4v) is 5.95. The molecule has 0 radical (unpaired) electrons. The van der Waals surface area contributed by atoms with Crippen molar-refractivity contribution >= 4 is 30.2 Å². The van der Waals surface area contributed by atoms with Gasteiger partial charge in [0.2, 0.25) is 18.6 Å². The van der Waals surface area contributed by atoms with Gasteiger partial charge < -0.3 is 35.5 Å². The lowest BCUT2D eigenvalue weighted by Gasteiger charge is -2.27. The summed E-state index contributed by atoms with van der Waals surface area (Å²) in [5.41, 5.74) is 0.707. The maximum atomic E-state index is 13.3. The second kappa shape index (κ2) is 17.4. The molecule has 3 aliphatic rings. The minimum atomic E-state index is -0.617. The van der Waals surface area contributed by atoms with Gasteiger partial charge in [0.15, 0.2) is 11.5 Å². The largest absolute Gasteiger partial charge is 0.466 e. The summed E-state index contributed by atoms with van der Waals surface area (Å²) in [7, 11) is 0. The second-order valence-electron chi connectivity index (χ2n) is 11.2. The number of esters is 1. The zero-order chi connectivity index (χ0) is 28.2. The van der Waals surface area contributed by atoms with Crippen LogP contribution in [0.3, 0.4) is 0 Å². The Morgan fingerprint density at radius 1 is 0.951 bits per heavy atom. The molecular formula is C30H47ClN4O6.